The molecule has 0 bridgehead atoms. The molecule has 0 radical (unpaired) electrons. The van der Waals surface area contributed by atoms with E-state index in [1.54, 1.807) is 0 Å². The number of hydrogen-bond donors (Lipinski definition) is 0. The van der Waals surface area contributed by atoms with Gasteiger partial charge in [-0.2, -0.15) is 10.4 Å². The Labute approximate surface area is 138 Å². The fraction of sp³-hybridized carbons (Fsp3) is 0.722. The molecule has 1 aliphatic heterocycles. The lowest BCUT2D eigenvalue weighted by atomic mass is 9.97. The Hall–Kier alpha value is -1.67. The zero-order valence-corrected chi connectivity index (χ0v) is 14.2. The van der Waals surface area contributed by atoms with Crippen LogP contribution in [0.2, 0.25) is 0 Å². The smallest absolute Gasteiger partial charge is 0.169 e. The SMILES string of the molecule is Cc1nnc(N2CCC(OC3CCCCC3)CC2)c(C#N)c1C. The van der Waals surface area contributed by atoms with Gasteiger partial charge < -0.3 is 9.64 Å². The summed E-state index contributed by atoms with van der Waals surface area (Å²) in [6.07, 6.45) is 9.28. The van der Waals surface area contributed by atoms with Gasteiger partial charge in [0.25, 0.3) is 0 Å². The third-order valence-corrected chi connectivity index (χ3v) is 5.23. The maximum absolute atomic E-state index is 9.45. The van der Waals surface area contributed by atoms with Gasteiger partial charge in [-0.3, -0.25) is 0 Å². The molecule has 1 saturated carbocycles. The number of anilines is 1. The van der Waals surface area contributed by atoms with Gasteiger partial charge >= 0.3 is 0 Å². The van der Waals surface area contributed by atoms with Gasteiger partial charge in [-0.05, 0) is 45.1 Å². The van der Waals surface area contributed by atoms with Crippen molar-refractivity contribution >= 4 is 5.82 Å². The van der Waals surface area contributed by atoms with Crippen LogP contribution in [-0.2, 0) is 4.74 Å². The molecule has 124 valence electrons. The maximum Gasteiger partial charge on any atom is 0.169 e. The van der Waals surface area contributed by atoms with Gasteiger partial charge in [0.2, 0.25) is 0 Å². The quantitative estimate of drug-likeness (QED) is 0.856. The van der Waals surface area contributed by atoms with Crippen molar-refractivity contribution in [2.45, 2.75) is 71.0 Å². The van der Waals surface area contributed by atoms with Crippen LogP contribution in [-0.4, -0.2) is 35.5 Å². The summed E-state index contributed by atoms with van der Waals surface area (Å²) in [6, 6.07) is 2.30. The predicted molar refractivity (Wildman–Crippen MR) is 89.4 cm³/mol. The Kier molecular flexibility index (Phi) is 5.12. The number of ether oxygens (including phenoxy) is 1. The van der Waals surface area contributed by atoms with Gasteiger partial charge in [0.05, 0.1) is 17.9 Å². The zero-order valence-electron chi connectivity index (χ0n) is 14.2. The van der Waals surface area contributed by atoms with Gasteiger partial charge in [-0.25, -0.2) is 0 Å². The number of nitriles is 1. The molecule has 1 aromatic heterocycles. The minimum absolute atomic E-state index is 0.361. The molecule has 0 spiro atoms. The lowest BCUT2D eigenvalue weighted by Gasteiger charge is -2.35. The van der Waals surface area contributed by atoms with E-state index in [1.165, 1.54) is 32.1 Å². The summed E-state index contributed by atoms with van der Waals surface area (Å²) in [5, 5.41) is 17.9. The van der Waals surface area contributed by atoms with Crippen LogP contribution < -0.4 is 4.90 Å². The van der Waals surface area contributed by atoms with E-state index in [4.69, 9.17) is 4.74 Å². The van der Waals surface area contributed by atoms with Crippen molar-refractivity contribution in [3.05, 3.63) is 16.8 Å². The van der Waals surface area contributed by atoms with E-state index in [-0.39, 0.29) is 0 Å². The van der Waals surface area contributed by atoms with Gasteiger partial charge in [-0.15, -0.1) is 5.10 Å². The van der Waals surface area contributed by atoms with Crippen molar-refractivity contribution in [1.29, 1.82) is 5.26 Å². The highest BCUT2D eigenvalue weighted by atomic mass is 16.5. The zero-order chi connectivity index (χ0) is 16.2. The summed E-state index contributed by atoms with van der Waals surface area (Å²) in [4.78, 5) is 2.19. The summed E-state index contributed by atoms with van der Waals surface area (Å²) in [7, 11) is 0. The monoisotopic (exact) mass is 314 g/mol. The summed E-state index contributed by atoms with van der Waals surface area (Å²) in [5.74, 6) is 0.742. The second kappa shape index (κ2) is 7.27. The van der Waals surface area contributed by atoms with Crippen LogP contribution >= 0.6 is 0 Å². The van der Waals surface area contributed by atoms with Crippen LogP contribution in [0.15, 0.2) is 0 Å². The second-order valence-electron chi connectivity index (χ2n) is 6.80. The molecule has 23 heavy (non-hydrogen) atoms. The molecule has 2 heterocycles. The van der Waals surface area contributed by atoms with Crippen molar-refractivity contribution in [3.8, 4) is 6.07 Å². The Balaban J connectivity index is 1.61. The lowest BCUT2D eigenvalue weighted by Crippen LogP contribution is -2.39. The molecule has 0 amide bonds. The summed E-state index contributed by atoms with van der Waals surface area (Å²) in [5.41, 5.74) is 2.45. The molecule has 0 aromatic carbocycles. The van der Waals surface area contributed by atoms with Crippen molar-refractivity contribution in [2.24, 2.45) is 0 Å². The topological polar surface area (TPSA) is 62.0 Å². The van der Waals surface area contributed by atoms with Crippen LogP contribution in [0.3, 0.4) is 0 Å². The number of piperidine rings is 1. The number of nitrogens with zero attached hydrogens (tertiary/aromatic N) is 4. The second-order valence-corrected chi connectivity index (χ2v) is 6.80. The van der Waals surface area contributed by atoms with E-state index in [0.717, 1.165) is 43.0 Å². The first-order chi connectivity index (χ1) is 11.2. The fourth-order valence-electron chi connectivity index (χ4n) is 3.63. The Morgan fingerprint density at radius 3 is 2.30 bits per heavy atom. The average molecular weight is 314 g/mol. The third-order valence-electron chi connectivity index (χ3n) is 5.23. The number of aromatic nitrogens is 2. The standard InChI is InChI=1S/C18H26N4O/c1-13-14(2)20-21-18(17(13)12-19)22-10-8-16(9-11-22)23-15-6-4-3-5-7-15/h15-16H,3-11H2,1-2H3. The molecule has 5 heteroatoms. The van der Waals surface area contributed by atoms with Crippen molar-refractivity contribution in [1.82, 2.24) is 10.2 Å². The van der Waals surface area contributed by atoms with Gasteiger partial charge in [-0.1, -0.05) is 19.3 Å². The average Bonchev–Trinajstić information content (AvgIpc) is 2.59. The molecule has 1 aromatic rings. The third kappa shape index (κ3) is 3.64. The molecule has 1 aliphatic carbocycles. The van der Waals surface area contributed by atoms with E-state index in [1.807, 2.05) is 13.8 Å². The Morgan fingerprint density at radius 2 is 1.65 bits per heavy atom. The van der Waals surface area contributed by atoms with E-state index in [2.05, 4.69) is 21.2 Å². The normalized spacial score (nSPS) is 20.5. The van der Waals surface area contributed by atoms with E-state index in [9.17, 15) is 5.26 Å². The molecule has 5 nitrogen and oxygen atoms in total. The molecule has 0 atom stereocenters. The maximum atomic E-state index is 9.45. The first kappa shape index (κ1) is 16.2. The number of hydrogen-bond acceptors (Lipinski definition) is 5. The van der Waals surface area contributed by atoms with Crippen LogP contribution in [0.25, 0.3) is 0 Å². The Bertz CT molecular complexity index is 581. The molecular weight excluding hydrogens is 288 g/mol. The minimum atomic E-state index is 0.361. The lowest BCUT2D eigenvalue weighted by molar-refractivity contribution is -0.0395. The van der Waals surface area contributed by atoms with E-state index >= 15 is 0 Å². The van der Waals surface area contributed by atoms with Crippen LogP contribution in [0.1, 0.15) is 61.8 Å². The molecule has 0 unspecified atom stereocenters. The largest absolute Gasteiger partial charge is 0.375 e. The molecule has 2 fully saturated rings. The van der Waals surface area contributed by atoms with Gasteiger partial charge in [0.15, 0.2) is 5.82 Å². The van der Waals surface area contributed by atoms with Crippen LogP contribution in [0, 0.1) is 25.2 Å². The highest BCUT2D eigenvalue weighted by Gasteiger charge is 2.26. The van der Waals surface area contributed by atoms with Crippen molar-refractivity contribution in [3.63, 3.8) is 0 Å². The van der Waals surface area contributed by atoms with Crippen LogP contribution in [0.4, 0.5) is 5.82 Å². The van der Waals surface area contributed by atoms with E-state index < -0.39 is 0 Å². The molecule has 0 N–H and O–H groups in total. The van der Waals surface area contributed by atoms with Gasteiger partial charge in [0.1, 0.15) is 11.6 Å². The molecular formula is C18H26N4O. The van der Waals surface area contributed by atoms with Crippen molar-refractivity contribution in [2.75, 3.05) is 18.0 Å². The minimum Gasteiger partial charge on any atom is -0.375 e. The molecule has 1 saturated heterocycles. The number of rotatable bonds is 3. The Morgan fingerprint density at radius 1 is 1.00 bits per heavy atom. The van der Waals surface area contributed by atoms with Crippen LogP contribution in [0.5, 0.6) is 0 Å². The summed E-state index contributed by atoms with van der Waals surface area (Å²) >= 11 is 0. The predicted octanol–water partition coefficient (Wildman–Crippen LogP) is 3.28. The molecule has 2 aliphatic rings. The fourth-order valence-corrected chi connectivity index (χ4v) is 3.63. The number of aryl methyl sites for hydroxylation is 1. The highest BCUT2D eigenvalue weighted by Crippen LogP contribution is 2.28. The van der Waals surface area contributed by atoms with Gasteiger partial charge in [0, 0.05) is 13.1 Å². The summed E-state index contributed by atoms with van der Waals surface area (Å²) < 4.78 is 6.29. The highest BCUT2D eigenvalue weighted by molar-refractivity contribution is 5.57. The first-order valence-corrected chi connectivity index (χ1v) is 8.83. The molecule has 3 rings (SSSR count). The van der Waals surface area contributed by atoms with E-state index in [0.29, 0.717) is 17.8 Å². The first-order valence-electron chi connectivity index (χ1n) is 8.83. The van der Waals surface area contributed by atoms with Crippen molar-refractivity contribution < 1.29 is 4.74 Å². The summed E-state index contributed by atoms with van der Waals surface area (Å²) in [6.45, 7) is 5.63.